The van der Waals surface area contributed by atoms with Gasteiger partial charge in [0.25, 0.3) is 5.91 Å². The van der Waals surface area contributed by atoms with Gasteiger partial charge in [0, 0.05) is 44.3 Å². The van der Waals surface area contributed by atoms with E-state index in [4.69, 9.17) is 16.3 Å². The molecule has 8 heteroatoms. The zero-order chi connectivity index (χ0) is 18.4. The standard InChI is InChI=1S/C17H19ClN4O3/c1-12(23)21-5-7-22(8-6-21)17(24)13(10-19)11-20-15-9-14(18)3-4-16(15)25-2/h3-4,9,11,20H,5-8H2,1-2H3/b13-11-. The summed E-state index contributed by atoms with van der Waals surface area (Å²) in [6, 6.07) is 6.92. The molecule has 0 radical (unpaired) electrons. The molecule has 0 aromatic heterocycles. The van der Waals surface area contributed by atoms with Crippen LogP contribution in [0, 0.1) is 11.3 Å². The number of anilines is 1. The van der Waals surface area contributed by atoms with Crippen LogP contribution in [0.1, 0.15) is 6.92 Å². The second-order valence-corrected chi connectivity index (χ2v) is 5.89. The van der Waals surface area contributed by atoms with E-state index in [9.17, 15) is 14.9 Å². The SMILES string of the molecule is COc1ccc(Cl)cc1N/C=C(/C#N)C(=O)N1CCN(C(C)=O)CC1. The molecule has 2 amide bonds. The van der Waals surface area contributed by atoms with Gasteiger partial charge in [0.15, 0.2) is 0 Å². The molecular formula is C17H19ClN4O3. The Morgan fingerprint density at radius 1 is 1.28 bits per heavy atom. The third-order valence-corrected chi connectivity index (χ3v) is 4.13. The van der Waals surface area contributed by atoms with Gasteiger partial charge >= 0.3 is 0 Å². The zero-order valence-electron chi connectivity index (χ0n) is 14.1. The Morgan fingerprint density at radius 2 is 1.92 bits per heavy atom. The Hall–Kier alpha value is -2.72. The highest BCUT2D eigenvalue weighted by atomic mass is 35.5. The predicted octanol–water partition coefficient (Wildman–Crippen LogP) is 1.86. The fraction of sp³-hybridized carbons (Fsp3) is 0.353. The van der Waals surface area contributed by atoms with Crippen LogP contribution < -0.4 is 10.1 Å². The first-order valence-electron chi connectivity index (χ1n) is 7.71. The highest BCUT2D eigenvalue weighted by Crippen LogP contribution is 2.27. The molecule has 1 heterocycles. The summed E-state index contributed by atoms with van der Waals surface area (Å²) in [7, 11) is 1.52. The predicted molar refractivity (Wildman–Crippen MR) is 94.2 cm³/mol. The van der Waals surface area contributed by atoms with E-state index in [0.717, 1.165) is 0 Å². The maximum atomic E-state index is 12.5. The molecule has 1 aliphatic rings. The number of nitriles is 1. The number of hydrogen-bond acceptors (Lipinski definition) is 5. The number of ether oxygens (including phenoxy) is 1. The molecule has 1 saturated heterocycles. The van der Waals surface area contributed by atoms with E-state index in [-0.39, 0.29) is 17.4 Å². The Morgan fingerprint density at radius 3 is 2.48 bits per heavy atom. The quantitative estimate of drug-likeness (QED) is 0.652. The molecule has 7 nitrogen and oxygen atoms in total. The minimum atomic E-state index is -0.376. The summed E-state index contributed by atoms with van der Waals surface area (Å²) in [6.07, 6.45) is 1.34. The van der Waals surface area contributed by atoms with Crippen LogP contribution in [-0.4, -0.2) is 54.9 Å². The molecule has 25 heavy (non-hydrogen) atoms. The molecule has 0 aliphatic carbocycles. The van der Waals surface area contributed by atoms with Gasteiger partial charge in [-0.25, -0.2) is 0 Å². The van der Waals surface area contributed by atoms with E-state index >= 15 is 0 Å². The summed E-state index contributed by atoms with van der Waals surface area (Å²) >= 11 is 5.96. The van der Waals surface area contributed by atoms with Crippen molar-refractivity contribution in [3.63, 3.8) is 0 Å². The average molecular weight is 363 g/mol. The van der Waals surface area contributed by atoms with Crippen LogP contribution in [0.5, 0.6) is 5.75 Å². The molecule has 0 saturated carbocycles. The summed E-state index contributed by atoms with van der Waals surface area (Å²) in [4.78, 5) is 27.1. The molecule has 1 aromatic rings. The van der Waals surface area contributed by atoms with Crippen molar-refractivity contribution < 1.29 is 14.3 Å². The lowest BCUT2D eigenvalue weighted by Crippen LogP contribution is -2.50. The summed E-state index contributed by atoms with van der Waals surface area (Å²) < 4.78 is 5.21. The molecule has 0 spiro atoms. The first-order valence-corrected chi connectivity index (χ1v) is 8.09. The fourth-order valence-electron chi connectivity index (χ4n) is 2.48. The van der Waals surface area contributed by atoms with E-state index in [2.05, 4.69) is 5.32 Å². The first kappa shape index (κ1) is 18.6. The molecule has 0 bridgehead atoms. The van der Waals surface area contributed by atoms with Crippen LogP contribution in [-0.2, 0) is 9.59 Å². The van der Waals surface area contributed by atoms with Crippen LogP contribution in [0.25, 0.3) is 0 Å². The second-order valence-electron chi connectivity index (χ2n) is 5.46. The third kappa shape index (κ3) is 4.64. The van der Waals surface area contributed by atoms with Crippen molar-refractivity contribution in [3.8, 4) is 11.8 Å². The van der Waals surface area contributed by atoms with Gasteiger partial charge in [0.2, 0.25) is 5.91 Å². The summed E-state index contributed by atoms with van der Waals surface area (Å²) in [5.41, 5.74) is 0.523. The van der Waals surface area contributed by atoms with Crippen molar-refractivity contribution in [1.29, 1.82) is 5.26 Å². The molecule has 0 unspecified atom stereocenters. The number of nitrogens with zero attached hydrogens (tertiary/aromatic N) is 3. The maximum Gasteiger partial charge on any atom is 0.266 e. The van der Waals surface area contributed by atoms with Crippen molar-refractivity contribution >= 4 is 29.1 Å². The van der Waals surface area contributed by atoms with Crippen molar-refractivity contribution in [2.45, 2.75) is 6.92 Å². The minimum Gasteiger partial charge on any atom is -0.495 e. The lowest BCUT2D eigenvalue weighted by Gasteiger charge is -2.34. The highest BCUT2D eigenvalue weighted by molar-refractivity contribution is 6.30. The summed E-state index contributed by atoms with van der Waals surface area (Å²) in [6.45, 7) is 3.24. The summed E-state index contributed by atoms with van der Waals surface area (Å²) in [5, 5.41) is 12.7. The van der Waals surface area contributed by atoms with Gasteiger partial charge in [-0.1, -0.05) is 11.6 Å². The Balaban J connectivity index is 2.08. The van der Waals surface area contributed by atoms with E-state index in [0.29, 0.717) is 42.6 Å². The van der Waals surface area contributed by atoms with Crippen molar-refractivity contribution in [3.05, 3.63) is 35.0 Å². The molecule has 0 atom stereocenters. The van der Waals surface area contributed by atoms with Crippen LogP contribution >= 0.6 is 11.6 Å². The maximum absolute atomic E-state index is 12.5. The first-order chi connectivity index (χ1) is 12.0. The number of piperazine rings is 1. The van der Waals surface area contributed by atoms with Gasteiger partial charge < -0.3 is 19.9 Å². The van der Waals surface area contributed by atoms with Gasteiger partial charge in [-0.2, -0.15) is 5.26 Å². The number of nitrogens with one attached hydrogen (secondary N) is 1. The van der Waals surface area contributed by atoms with Crippen molar-refractivity contribution in [2.24, 2.45) is 0 Å². The van der Waals surface area contributed by atoms with Crippen LogP contribution in [0.3, 0.4) is 0 Å². The van der Waals surface area contributed by atoms with Crippen molar-refractivity contribution in [1.82, 2.24) is 9.80 Å². The number of carbonyl (C=O) groups is 2. The molecule has 1 N–H and O–H groups in total. The Labute approximate surface area is 151 Å². The largest absolute Gasteiger partial charge is 0.495 e. The number of hydrogen-bond donors (Lipinski definition) is 1. The smallest absolute Gasteiger partial charge is 0.266 e. The molecule has 1 aliphatic heterocycles. The topological polar surface area (TPSA) is 85.7 Å². The van der Waals surface area contributed by atoms with E-state index in [1.54, 1.807) is 28.0 Å². The Kier molecular flexibility index (Phi) is 6.25. The molecular weight excluding hydrogens is 344 g/mol. The monoisotopic (exact) mass is 362 g/mol. The lowest BCUT2D eigenvalue weighted by atomic mass is 10.2. The lowest BCUT2D eigenvalue weighted by molar-refractivity contribution is -0.136. The molecule has 2 rings (SSSR count). The van der Waals surface area contributed by atoms with Gasteiger partial charge in [0.05, 0.1) is 12.8 Å². The zero-order valence-corrected chi connectivity index (χ0v) is 14.8. The normalized spacial score (nSPS) is 14.7. The fourth-order valence-corrected chi connectivity index (χ4v) is 2.65. The second kappa shape index (κ2) is 8.40. The van der Waals surface area contributed by atoms with Crippen molar-refractivity contribution in [2.75, 3.05) is 38.6 Å². The van der Waals surface area contributed by atoms with Crippen LogP contribution in [0.15, 0.2) is 30.0 Å². The van der Waals surface area contributed by atoms with Gasteiger partial charge in [-0.3, -0.25) is 9.59 Å². The van der Waals surface area contributed by atoms with Gasteiger partial charge in [-0.15, -0.1) is 0 Å². The van der Waals surface area contributed by atoms with Gasteiger partial charge in [-0.05, 0) is 18.2 Å². The number of benzene rings is 1. The van der Waals surface area contributed by atoms with E-state index in [1.165, 1.54) is 20.2 Å². The minimum absolute atomic E-state index is 0.0159. The number of carbonyl (C=O) groups excluding carboxylic acids is 2. The van der Waals surface area contributed by atoms with Crippen LogP contribution in [0.4, 0.5) is 5.69 Å². The molecule has 1 fully saturated rings. The Bertz CT molecular complexity index is 734. The molecule has 1 aromatic carbocycles. The third-order valence-electron chi connectivity index (χ3n) is 3.90. The summed E-state index contributed by atoms with van der Waals surface area (Å²) in [5.74, 6) is 0.150. The van der Waals surface area contributed by atoms with Gasteiger partial charge in [0.1, 0.15) is 17.4 Å². The molecule has 132 valence electrons. The highest BCUT2D eigenvalue weighted by Gasteiger charge is 2.24. The number of halogens is 1. The number of amides is 2. The average Bonchev–Trinajstić information content (AvgIpc) is 2.62. The van der Waals surface area contributed by atoms with E-state index in [1.807, 2.05) is 6.07 Å². The number of methoxy groups -OCH3 is 1. The van der Waals surface area contributed by atoms with E-state index < -0.39 is 0 Å². The van der Waals surface area contributed by atoms with Crippen LogP contribution in [0.2, 0.25) is 5.02 Å². The number of rotatable bonds is 4.